The third-order valence-corrected chi connectivity index (χ3v) is 4.06. The maximum absolute atomic E-state index is 5.62. The summed E-state index contributed by atoms with van der Waals surface area (Å²) in [6.45, 7) is 2.12. The summed E-state index contributed by atoms with van der Waals surface area (Å²) in [7, 11) is 0. The zero-order valence-corrected chi connectivity index (χ0v) is 11.2. The Morgan fingerprint density at radius 1 is 1.28 bits per heavy atom. The fourth-order valence-electron chi connectivity index (χ4n) is 1.71. The third-order valence-electron chi connectivity index (χ3n) is 2.79. The van der Waals surface area contributed by atoms with Gasteiger partial charge < -0.3 is 0 Å². The van der Waals surface area contributed by atoms with E-state index in [2.05, 4.69) is 41.6 Å². The molecule has 0 aliphatic carbocycles. The molecule has 4 heteroatoms. The molecule has 0 radical (unpaired) electrons. The topological polar surface area (TPSA) is 50.9 Å². The zero-order chi connectivity index (χ0) is 12.8. The van der Waals surface area contributed by atoms with Crippen molar-refractivity contribution in [2.24, 2.45) is 5.84 Å². The fourth-order valence-corrected chi connectivity index (χ4v) is 2.82. The van der Waals surface area contributed by atoms with Crippen LogP contribution in [-0.2, 0) is 0 Å². The molecule has 1 heterocycles. The number of thioether (sulfide) groups is 1. The molecule has 3 N–H and O–H groups in total. The van der Waals surface area contributed by atoms with E-state index in [0.29, 0.717) is 0 Å². The minimum Gasteiger partial charge on any atom is -0.271 e. The molecule has 1 aromatic carbocycles. The summed E-state index contributed by atoms with van der Waals surface area (Å²) in [5, 5.41) is 0. The van der Waals surface area contributed by atoms with Gasteiger partial charge in [0.15, 0.2) is 0 Å². The van der Waals surface area contributed by atoms with Crippen molar-refractivity contribution in [1.29, 1.82) is 0 Å². The monoisotopic (exact) mass is 259 g/mol. The van der Waals surface area contributed by atoms with Crippen molar-refractivity contribution in [3.8, 4) is 0 Å². The summed E-state index contributed by atoms with van der Waals surface area (Å²) >= 11 is 1.80. The van der Waals surface area contributed by atoms with E-state index in [1.165, 1.54) is 10.5 Å². The number of hydrogen-bond acceptors (Lipinski definition) is 4. The van der Waals surface area contributed by atoms with E-state index in [1.54, 1.807) is 18.0 Å². The number of nitrogens with one attached hydrogen (secondary N) is 1. The SMILES string of the molecule is Cc1ccccc1SCC(NN)c1cccnc1. The van der Waals surface area contributed by atoms with Gasteiger partial charge in [-0.25, -0.2) is 0 Å². The molecule has 0 aliphatic rings. The Morgan fingerprint density at radius 3 is 2.78 bits per heavy atom. The van der Waals surface area contributed by atoms with Crippen LogP contribution in [0.4, 0.5) is 0 Å². The van der Waals surface area contributed by atoms with Crippen LogP contribution >= 0.6 is 11.8 Å². The maximum Gasteiger partial charge on any atom is 0.0569 e. The number of hydrazine groups is 1. The highest BCUT2D eigenvalue weighted by Crippen LogP contribution is 2.26. The second kappa shape index (κ2) is 6.54. The molecule has 0 fully saturated rings. The summed E-state index contributed by atoms with van der Waals surface area (Å²) in [4.78, 5) is 5.41. The first-order chi connectivity index (χ1) is 8.81. The lowest BCUT2D eigenvalue weighted by Gasteiger charge is -2.16. The molecule has 0 saturated carbocycles. The van der Waals surface area contributed by atoms with Gasteiger partial charge in [0.25, 0.3) is 0 Å². The van der Waals surface area contributed by atoms with E-state index in [4.69, 9.17) is 5.84 Å². The fraction of sp³-hybridized carbons (Fsp3) is 0.214. The average molecular weight is 259 g/mol. The van der Waals surface area contributed by atoms with Crippen molar-refractivity contribution in [3.05, 3.63) is 59.9 Å². The Bertz CT molecular complexity index is 487. The smallest absolute Gasteiger partial charge is 0.0569 e. The van der Waals surface area contributed by atoms with E-state index in [-0.39, 0.29) is 6.04 Å². The van der Waals surface area contributed by atoms with Gasteiger partial charge in [-0.2, -0.15) is 0 Å². The predicted octanol–water partition coefficient (Wildman–Crippen LogP) is 2.69. The quantitative estimate of drug-likeness (QED) is 0.492. The van der Waals surface area contributed by atoms with Gasteiger partial charge in [0.05, 0.1) is 6.04 Å². The van der Waals surface area contributed by atoms with E-state index >= 15 is 0 Å². The highest BCUT2D eigenvalue weighted by atomic mass is 32.2. The van der Waals surface area contributed by atoms with Crippen molar-refractivity contribution < 1.29 is 0 Å². The Morgan fingerprint density at radius 2 is 2.11 bits per heavy atom. The molecule has 0 aliphatic heterocycles. The number of nitrogens with two attached hydrogens (primary N) is 1. The summed E-state index contributed by atoms with van der Waals surface area (Å²) in [6.07, 6.45) is 3.62. The van der Waals surface area contributed by atoms with Crippen LogP contribution in [0.15, 0.2) is 53.7 Å². The molecular weight excluding hydrogens is 242 g/mol. The number of pyridine rings is 1. The van der Waals surface area contributed by atoms with Gasteiger partial charge >= 0.3 is 0 Å². The van der Waals surface area contributed by atoms with Gasteiger partial charge in [-0.1, -0.05) is 24.3 Å². The van der Waals surface area contributed by atoms with Crippen LogP contribution in [-0.4, -0.2) is 10.7 Å². The number of aromatic nitrogens is 1. The van der Waals surface area contributed by atoms with Crippen LogP contribution in [0.1, 0.15) is 17.2 Å². The molecule has 2 aromatic rings. The lowest BCUT2D eigenvalue weighted by atomic mass is 10.1. The van der Waals surface area contributed by atoms with Crippen molar-refractivity contribution >= 4 is 11.8 Å². The van der Waals surface area contributed by atoms with Gasteiger partial charge in [-0.15, -0.1) is 11.8 Å². The first-order valence-electron chi connectivity index (χ1n) is 5.85. The van der Waals surface area contributed by atoms with Crippen LogP contribution in [0.25, 0.3) is 0 Å². The summed E-state index contributed by atoms with van der Waals surface area (Å²) in [5.74, 6) is 6.50. The van der Waals surface area contributed by atoms with Gasteiger partial charge in [0.2, 0.25) is 0 Å². The minimum atomic E-state index is 0.114. The highest BCUT2D eigenvalue weighted by molar-refractivity contribution is 7.99. The molecule has 0 bridgehead atoms. The molecular formula is C14H17N3S. The minimum absolute atomic E-state index is 0.114. The molecule has 3 nitrogen and oxygen atoms in total. The van der Waals surface area contributed by atoms with E-state index < -0.39 is 0 Å². The van der Waals surface area contributed by atoms with E-state index in [9.17, 15) is 0 Å². The van der Waals surface area contributed by atoms with Crippen LogP contribution < -0.4 is 11.3 Å². The second-order valence-corrected chi connectivity index (χ2v) is 5.14. The van der Waals surface area contributed by atoms with Gasteiger partial charge in [-0.05, 0) is 30.2 Å². The first kappa shape index (κ1) is 13.1. The maximum atomic E-state index is 5.62. The Labute approximate surface area is 112 Å². The largest absolute Gasteiger partial charge is 0.271 e. The molecule has 0 saturated heterocycles. The molecule has 1 aromatic heterocycles. The normalized spacial score (nSPS) is 12.3. The molecule has 18 heavy (non-hydrogen) atoms. The van der Waals surface area contributed by atoms with Crippen LogP contribution in [0.2, 0.25) is 0 Å². The lowest BCUT2D eigenvalue weighted by Crippen LogP contribution is -2.29. The highest BCUT2D eigenvalue weighted by Gasteiger charge is 2.10. The van der Waals surface area contributed by atoms with Crippen LogP contribution in [0.5, 0.6) is 0 Å². The van der Waals surface area contributed by atoms with Crippen LogP contribution in [0, 0.1) is 6.92 Å². The molecule has 1 unspecified atom stereocenters. The van der Waals surface area contributed by atoms with E-state index in [0.717, 1.165) is 11.3 Å². The Hall–Kier alpha value is -1.36. The summed E-state index contributed by atoms with van der Waals surface area (Å²) < 4.78 is 0. The van der Waals surface area contributed by atoms with Crippen LogP contribution in [0.3, 0.4) is 0 Å². The Kier molecular flexibility index (Phi) is 4.75. The molecule has 0 amide bonds. The van der Waals surface area contributed by atoms with Gasteiger partial charge in [0, 0.05) is 23.0 Å². The van der Waals surface area contributed by atoms with Crippen molar-refractivity contribution in [2.45, 2.75) is 17.9 Å². The standard InChI is InChI=1S/C14H17N3S/c1-11-5-2-3-7-14(11)18-10-13(17-15)12-6-4-8-16-9-12/h2-9,13,17H,10,15H2,1H3. The zero-order valence-electron chi connectivity index (χ0n) is 10.3. The molecule has 1 atom stereocenters. The van der Waals surface area contributed by atoms with Crippen molar-refractivity contribution in [3.63, 3.8) is 0 Å². The molecule has 0 spiro atoms. The number of rotatable bonds is 5. The third kappa shape index (κ3) is 3.32. The number of nitrogens with zero attached hydrogens (tertiary/aromatic N) is 1. The number of benzene rings is 1. The summed E-state index contributed by atoms with van der Waals surface area (Å²) in [6, 6.07) is 12.5. The van der Waals surface area contributed by atoms with E-state index in [1.807, 2.05) is 18.3 Å². The summed E-state index contributed by atoms with van der Waals surface area (Å²) in [5.41, 5.74) is 5.26. The van der Waals surface area contributed by atoms with Gasteiger partial charge in [-0.3, -0.25) is 16.3 Å². The predicted molar refractivity (Wildman–Crippen MR) is 76.2 cm³/mol. The second-order valence-electron chi connectivity index (χ2n) is 4.08. The van der Waals surface area contributed by atoms with Crippen molar-refractivity contribution in [1.82, 2.24) is 10.4 Å². The first-order valence-corrected chi connectivity index (χ1v) is 6.84. The number of hydrogen-bond donors (Lipinski definition) is 2. The molecule has 94 valence electrons. The Balaban J connectivity index is 2.02. The molecule has 2 rings (SSSR count). The van der Waals surface area contributed by atoms with Gasteiger partial charge in [0.1, 0.15) is 0 Å². The van der Waals surface area contributed by atoms with Crippen molar-refractivity contribution in [2.75, 3.05) is 5.75 Å². The number of aryl methyl sites for hydroxylation is 1. The lowest BCUT2D eigenvalue weighted by molar-refractivity contribution is 0.608. The average Bonchev–Trinajstić information content (AvgIpc) is 2.42.